The first kappa shape index (κ1) is 9.54. The molecule has 0 aliphatic carbocycles. The van der Waals surface area contributed by atoms with E-state index in [0.29, 0.717) is 0 Å². The molecule has 73 valence electrons. The monoisotopic (exact) mass is 277 g/mol. The summed E-state index contributed by atoms with van der Waals surface area (Å²) in [6.45, 7) is 1.74. The molecule has 1 amide bonds. The van der Waals surface area contributed by atoms with Crippen molar-refractivity contribution in [1.29, 1.82) is 0 Å². The van der Waals surface area contributed by atoms with Crippen molar-refractivity contribution in [3.63, 3.8) is 0 Å². The van der Waals surface area contributed by atoms with Gasteiger partial charge in [-0.25, -0.2) is 0 Å². The van der Waals surface area contributed by atoms with Gasteiger partial charge in [-0.3, -0.25) is 0 Å². The first-order chi connectivity index (χ1) is 6.72. The van der Waals surface area contributed by atoms with E-state index in [1.807, 2.05) is 22.8 Å². The number of carbonyl (C=O) groups excluding carboxylic acids is 1. The van der Waals surface area contributed by atoms with Gasteiger partial charge < -0.3 is 0 Å². The van der Waals surface area contributed by atoms with Crippen LogP contribution in [0.25, 0.3) is 0 Å². The molecule has 0 bridgehead atoms. The van der Waals surface area contributed by atoms with Crippen molar-refractivity contribution in [3.8, 4) is 5.75 Å². The Morgan fingerprint density at radius 3 is 3.07 bits per heavy atom. The molecule has 0 fully saturated rings. The number of para-hydroxylation sites is 1. The molecule has 1 aromatic carbocycles. The summed E-state index contributed by atoms with van der Waals surface area (Å²) >= 11 is 2.43. The Morgan fingerprint density at radius 2 is 2.36 bits per heavy atom. The van der Waals surface area contributed by atoms with Crippen LogP contribution < -0.4 is 10.1 Å². The van der Waals surface area contributed by atoms with E-state index in [0.717, 1.165) is 17.0 Å². The van der Waals surface area contributed by atoms with Gasteiger partial charge in [0.1, 0.15) is 0 Å². The number of ether oxygens (including phenoxy) is 1. The Hall–Kier alpha value is -1.02. The van der Waals surface area contributed by atoms with Gasteiger partial charge in [0.25, 0.3) is 0 Å². The molecule has 1 unspecified atom stereocenters. The van der Waals surface area contributed by atoms with Crippen LogP contribution in [0.2, 0.25) is 0 Å². The molecule has 0 saturated heterocycles. The fourth-order valence-electron chi connectivity index (χ4n) is 1.33. The predicted octanol–water partition coefficient (Wildman–Crippen LogP) is 1.10. The fourth-order valence-corrected chi connectivity index (χ4v) is 1.72. The summed E-state index contributed by atoms with van der Waals surface area (Å²) in [6, 6.07) is 5.66. The molecule has 1 atom stereocenters. The summed E-state index contributed by atoms with van der Waals surface area (Å²) in [6.07, 6.45) is -0.421. The maximum atomic E-state index is 11.3. The van der Waals surface area contributed by atoms with Crippen LogP contribution in [-0.4, -0.2) is 16.6 Å². The number of hydrogen-bond donors (Lipinski definition) is 1. The van der Waals surface area contributed by atoms with E-state index in [9.17, 15) is 4.79 Å². The number of nitrogens with one attached hydrogen (secondary N) is 1. The topological polar surface area (TPSA) is 38.3 Å². The van der Waals surface area contributed by atoms with E-state index in [1.54, 1.807) is 6.92 Å². The third kappa shape index (κ3) is 1.50. The molecule has 0 radical (unpaired) electrons. The van der Waals surface area contributed by atoms with Gasteiger partial charge in [0, 0.05) is 0 Å². The number of rotatable bonds is 1. The summed E-state index contributed by atoms with van der Waals surface area (Å²) in [7, 11) is 0. The molecule has 1 aliphatic rings. The van der Waals surface area contributed by atoms with E-state index in [1.165, 1.54) is 0 Å². The molecule has 1 heterocycles. The molecule has 1 aliphatic heterocycles. The zero-order valence-electron chi connectivity index (χ0n) is 7.56. The Labute approximate surface area is 91.7 Å². The molecular weight excluding hydrogens is 267 g/mol. The van der Waals surface area contributed by atoms with E-state index >= 15 is 0 Å². The molecule has 14 heavy (non-hydrogen) atoms. The fraction of sp³-hybridized carbons (Fsp3) is 0.200. The Kier molecular flexibility index (Phi) is 2.47. The van der Waals surface area contributed by atoms with Gasteiger partial charge >= 0.3 is 91.4 Å². The normalized spacial score (nSPS) is 19.2. The average Bonchev–Trinajstić information content (AvgIpc) is 2.19. The number of anilines is 1. The maximum absolute atomic E-state index is 11.3. The number of amides is 1. The van der Waals surface area contributed by atoms with Gasteiger partial charge in [-0.15, -0.1) is 0 Å². The van der Waals surface area contributed by atoms with Crippen LogP contribution in [0.3, 0.4) is 0 Å². The quantitative estimate of drug-likeness (QED) is 0.780. The van der Waals surface area contributed by atoms with Crippen LogP contribution in [0.1, 0.15) is 12.5 Å². The standard InChI is InChI=1S/C10H9NO2.Ru/c1-6-4-3-5-8-9(6)13-7(2)10(12)11-8;/h1,3-5,7H,2H3,(H,11,12);/q;+1. The summed E-state index contributed by atoms with van der Waals surface area (Å²) in [5.41, 5.74) is 1.72. The van der Waals surface area contributed by atoms with Crippen LogP contribution in [0.5, 0.6) is 5.75 Å². The van der Waals surface area contributed by atoms with Gasteiger partial charge in [0.2, 0.25) is 0 Å². The number of fused-ring (bicyclic) bond motifs is 1. The second-order valence-electron chi connectivity index (χ2n) is 3.08. The van der Waals surface area contributed by atoms with Crippen molar-refractivity contribution in [2.75, 3.05) is 5.32 Å². The van der Waals surface area contributed by atoms with Crippen LogP contribution in [0.4, 0.5) is 5.69 Å². The number of benzene rings is 1. The Bertz CT molecular complexity index is 403. The average molecular weight is 276 g/mol. The van der Waals surface area contributed by atoms with E-state index in [4.69, 9.17) is 4.74 Å². The van der Waals surface area contributed by atoms with Crippen molar-refractivity contribution in [3.05, 3.63) is 23.8 Å². The Balaban J connectivity index is 2.51. The Morgan fingerprint density at radius 1 is 1.57 bits per heavy atom. The molecule has 4 heteroatoms. The van der Waals surface area contributed by atoms with E-state index in [-0.39, 0.29) is 5.91 Å². The first-order valence-corrected chi connectivity index (χ1v) is 5.25. The third-order valence-corrected chi connectivity index (χ3v) is 2.62. The molecule has 3 nitrogen and oxygen atoms in total. The van der Waals surface area contributed by atoms with Crippen LogP contribution in [0.15, 0.2) is 18.2 Å². The van der Waals surface area contributed by atoms with Crippen molar-refractivity contribution in [1.82, 2.24) is 0 Å². The SMILES string of the molecule is CC1Oc2c([CH]=[Ru+])cccc2NC1=O. The van der Waals surface area contributed by atoms with Gasteiger partial charge in [-0.2, -0.15) is 0 Å². The van der Waals surface area contributed by atoms with E-state index < -0.39 is 6.10 Å². The minimum absolute atomic E-state index is 0.0976. The van der Waals surface area contributed by atoms with Gasteiger partial charge in [-0.05, 0) is 0 Å². The van der Waals surface area contributed by atoms with Gasteiger partial charge in [0.15, 0.2) is 0 Å². The van der Waals surface area contributed by atoms with Crippen LogP contribution >= 0.6 is 0 Å². The predicted molar refractivity (Wildman–Crippen MR) is 50.3 cm³/mol. The zero-order chi connectivity index (χ0) is 10.1. The van der Waals surface area contributed by atoms with E-state index in [2.05, 4.69) is 23.2 Å². The molecule has 2 rings (SSSR count). The van der Waals surface area contributed by atoms with Crippen molar-refractivity contribution in [2.24, 2.45) is 0 Å². The molecule has 1 aromatic rings. The summed E-state index contributed by atoms with van der Waals surface area (Å²) in [5, 5.41) is 2.79. The minimum atomic E-state index is -0.421. The van der Waals surface area contributed by atoms with Crippen molar-refractivity contribution in [2.45, 2.75) is 13.0 Å². The van der Waals surface area contributed by atoms with Crippen molar-refractivity contribution < 1.29 is 27.4 Å². The zero-order valence-corrected chi connectivity index (χ0v) is 9.29. The first-order valence-electron chi connectivity index (χ1n) is 4.25. The number of carbonyl (C=O) groups is 1. The number of hydrogen-bond acceptors (Lipinski definition) is 2. The molecule has 0 aromatic heterocycles. The molecule has 0 saturated carbocycles. The van der Waals surface area contributed by atoms with Gasteiger partial charge in [0.05, 0.1) is 0 Å². The second kappa shape index (κ2) is 3.62. The van der Waals surface area contributed by atoms with Crippen LogP contribution in [0, 0.1) is 0 Å². The van der Waals surface area contributed by atoms with Crippen LogP contribution in [-0.2, 0) is 22.6 Å². The molecule has 0 spiro atoms. The summed E-state index contributed by atoms with van der Waals surface area (Å²) < 4.78 is 7.40. The second-order valence-corrected chi connectivity index (χ2v) is 3.58. The molecular formula is C10H9NO2Ru+. The van der Waals surface area contributed by atoms with Gasteiger partial charge in [-0.1, -0.05) is 0 Å². The summed E-state index contributed by atoms with van der Waals surface area (Å²) in [5.74, 6) is 0.651. The summed E-state index contributed by atoms with van der Waals surface area (Å²) in [4.78, 5) is 11.3. The molecule has 1 N–H and O–H groups in total. The third-order valence-electron chi connectivity index (χ3n) is 2.08. The van der Waals surface area contributed by atoms with Crippen molar-refractivity contribution >= 4 is 16.2 Å².